The van der Waals surface area contributed by atoms with E-state index in [4.69, 9.17) is 4.74 Å². The largest absolute Gasteiger partial charge is 0.507 e. The smallest absolute Gasteiger partial charge is 0.295 e. The summed E-state index contributed by atoms with van der Waals surface area (Å²) < 4.78 is 5.84. The standard InChI is InChI=1S/C30H32N2O4/c1-3-31(4-2)19-20-32-27(23-13-9-6-10-14-23)26(29(34)30(32)35)28(33)24-15-17-25(18-16-24)36-21-22-11-7-5-8-12-22/h5-18,27,33H,3-4,19-21H2,1-2H3/b28-26+/t27-/m1/s1. The van der Waals surface area contributed by atoms with Crippen LogP contribution in [-0.2, 0) is 16.2 Å². The fourth-order valence-corrected chi connectivity index (χ4v) is 4.49. The predicted octanol–water partition coefficient (Wildman–Crippen LogP) is 5.03. The molecule has 1 heterocycles. The second-order valence-corrected chi connectivity index (χ2v) is 8.73. The second-order valence-electron chi connectivity index (χ2n) is 8.73. The molecule has 1 aliphatic rings. The van der Waals surface area contributed by atoms with Crippen LogP contribution in [0.1, 0.15) is 36.6 Å². The lowest BCUT2D eigenvalue weighted by Crippen LogP contribution is -2.38. The van der Waals surface area contributed by atoms with Gasteiger partial charge in [0.05, 0.1) is 11.6 Å². The topological polar surface area (TPSA) is 70.1 Å². The lowest BCUT2D eigenvalue weighted by molar-refractivity contribution is -0.140. The lowest BCUT2D eigenvalue weighted by Gasteiger charge is -2.28. The number of amides is 1. The van der Waals surface area contributed by atoms with Crippen LogP contribution in [0.2, 0.25) is 0 Å². The molecule has 0 spiro atoms. The van der Waals surface area contributed by atoms with E-state index < -0.39 is 17.7 Å². The molecule has 0 radical (unpaired) electrons. The van der Waals surface area contributed by atoms with Crippen LogP contribution in [0.5, 0.6) is 5.75 Å². The molecule has 1 aliphatic heterocycles. The van der Waals surface area contributed by atoms with E-state index in [9.17, 15) is 14.7 Å². The van der Waals surface area contributed by atoms with Gasteiger partial charge in [0.1, 0.15) is 18.1 Å². The number of carbonyl (C=O) groups excluding carboxylic acids is 2. The Kier molecular flexibility index (Phi) is 8.18. The summed E-state index contributed by atoms with van der Waals surface area (Å²) >= 11 is 0. The first-order valence-corrected chi connectivity index (χ1v) is 12.4. The number of ether oxygens (including phenoxy) is 1. The van der Waals surface area contributed by atoms with Gasteiger partial charge in [-0.15, -0.1) is 0 Å². The molecule has 186 valence electrons. The Labute approximate surface area is 212 Å². The van der Waals surface area contributed by atoms with E-state index in [0.717, 1.165) is 24.2 Å². The van der Waals surface area contributed by atoms with Crippen molar-refractivity contribution in [2.75, 3.05) is 26.2 Å². The molecular formula is C30H32N2O4. The number of benzene rings is 3. The minimum atomic E-state index is -0.662. The summed E-state index contributed by atoms with van der Waals surface area (Å²) in [5.74, 6) is -0.775. The average Bonchev–Trinajstić information content (AvgIpc) is 3.18. The second kappa shape index (κ2) is 11.7. The number of hydrogen-bond acceptors (Lipinski definition) is 5. The summed E-state index contributed by atoms with van der Waals surface area (Å²) in [6.45, 7) is 7.33. The van der Waals surface area contributed by atoms with Crippen LogP contribution in [0.25, 0.3) is 5.76 Å². The number of hydrogen-bond donors (Lipinski definition) is 1. The van der Waals surface area contributed by atoms with E-state index in [1.54, 1.807) is 29.2 Å². The Morgan fingerprint density at radius 1 is 0.889 bits per heavy atom. The van der Waals surface area contributed by atoms with Crippen LogP contribution in [0.3, 0.4) is 0 Å². The SMILES string of the molecule is CCN(CC)CCN1C(=O)C(=O)/C(=C(/O)c2ccc(OCc3ccccc3)cc2)[C@H]1c1ccccc1. The summed E-state index contributed by atoms with van der Waals surface area (Å²) in [7, 11) is 0. The molecule has 0 bridgehead atoms. The van der Waals surface area contributed by atoms with Crippen molar-refractivity contribution in [2.24, 2.45) is 0 Å². The Balaban J connectivity index is 1.62. The highest BCUT2D eigenvalue weighted by Gasteiger charge is 2.45. The maximum absolute atomic E-state index is 13.2. The minimum absolute atomic E-state index is 0.115. The van der Waals surface area contributed by atoms with Crippen molar-refractivity contribution in [1.29, 1.82) is 0 Å². The molecule has 0 saturated carbocycles. The van der Waals surface area contributed by atoms with Crippen LogP contribution in [0.4, 0.5) is 0 Å². The Morgan fingerprint density at radius 2 is 1.50 bits per heavy atom. The van der Waals surface area contributed by atoms with Crippen LogP contribution in [0.15, 0.2) is 90.5 Å². The van der Waals surface area contributed by atoms with Gasteiger partial charge in [0.25, 0.3) is 11.7 Å². The van der Waals surface area contributed by atoms with Crippen molar-refractivity contribution in [2.45, 2.75) is 26.5 Å². The number of likely N-dealkylation sites (tertiary alicyclic amines) is 1. The molecule has 3 aromatic carbocycles. The van der Waals surface area contributed by atoms with Crippen LogP contribution < -0.4 is 4.74 Å². The molecular weight excluding hydrogens is 452 g/mol. The molecule has 1 amide bonds. The van der Waals surface area contributed by atoms with Gasteiger partial charge in [-0.3, -0.25) is 9.59 Å². The van der Waals surface area contributed by atoms with Gasteiger partial charge < -0.3 is 19.6 Å². The zero-order valence-corrected chi connectivity index (χ0v) is 20.8. The predicted molar refractivity (Wildman–Crippen MR) is 140 cm³/mol. The summed E-state index contributed by atoms with van der Waals surface area (Å²) in [5, 5.41) is 11.3. The first-order chi connectivity index (χ1) is 17.5. The Hall–Kier alpha value is -3.90. The number of ketones is 1. The Morgan fingerprint density at radius 3 is 2.11 bits per heavy atom. The highest BCUT2D eigenvalue weighted by Crippen LogP contribution is 2.39. The van der Waals surface area contributed by atoms with E-state index >= 15 is 0 Å². The number of likely N-dealkylation sites (N-methyl/N-ethyl adjacent to an activating group) is 1. The van der Waals surface area contributed by atoms with Crippen molar-refractivity contribution in [3.63, 3.8) is 0 Å². The maximum Gasteiger partial charge on any atom is 0.295 e. The maximum atomic E-state index is 13.2. The van der Waals surface area contributed by atoms with Gasteiger partial charge in [-0.2, -0.15) is 0 Å². The fraction of sp³-hybridized carbons (Fsp3) is 0.267. The van der Waals surface area contributed by atoms with E-state index in [2.05, 4.69) is 18.7 Å². The molecule has 0 unspecified atom stereocenters. The first kappa shape index (κ1) is 25.2. The molecule has 1 saturated heterocycles. The summed E-state index contributed by atoms with van der Waals surface area (Å²) in [5.41, 5.74) is 2.42. The fourth-order valence-electron chi connectivity index (χ4n) is 4.49. The molecule has 1 N–H and O–H groups in total. The van der Waals surface area contributed by atoms with Gasteiger partial charge in [-0.05, 0) is 48.5 Å². The van der Waals surface area contributed by atoms with Gasteiger partial charge in [-0.25, -0.2) is 0 Å². The molecule has 4 rings (SSSR count). The third kappa shape index (κ3) is 5.50. The highest BCUT2D eigenvalue weighted by atomic mass is 16.5. The quantitative estimate of drug-likeness (QED) is 0.248. The minimum Gasteiger partial charge on any atom is -0.507 e. The van der Waals surface area contributed by atoms with Crippen LogP contribution in [0, 0.1) is 0 Å². The first-order valence-electron chi connectivity index (χ1n) is 12.4. The number of rotatable bonds is 10. The molecule has 0 aromatic heterocycles. The van der Waals surface area contributed by atoms with Crippen LogP contribution in [-0.4, -0.2) is 52.8 Å². The van der Waals surface area contributed by atoms with Gasteiger partial charge >= 0.3 is 0 Å². The van der Waals surface area contributed by atoms with Crippen LogP contribution >= 0.6 is 0 Å². The zero-order valence-electron chi connectivity index (χ0n) is 20.8. The van der Waals surface area contributed by atoms with Gasteiger partial charge in [0.2, 0.25) is 0 Å². The van der Waals surface area contributed by atoms with Crippen molar-refractivity contribution in [3.8, 4) is 5.75 Å². The van der Waals surface area contributed by atoms with Crippen molar-refractivity contribution in [1.82, 2.24) is 9.80 Å². The van der Waals surface area contributed by atoms with E-state index in [1.807, 2.05) is 60.7 Å². The summed E-state index contributed by atoms with van der Waals surface area (Å²) in [4.78, 5) is 30.1. The van der Waals surface area contributed by atoms with E-state index in [1.165, 1.54) is 0 Å². The van der Waals surface area contributed by atoms with Crippen molar-refractivity contribution < 1.29 is 19.4 Å². The molecule has 3 aromatic rings. The number of carbonyl (C=O) groups is 2. The zero-order chi connectivity index (χ0) is 25.5. The van der Waals surface area contributed by atoms with Gasteiger partial charge in [0.15, 0.2) is 0 Å². The van der Waals surface area contributed by atoms with Gasteiger partial charge in [0, 0.05) is 18.7 Å². The summed E-state index contributed by atoms with van der Waals surface area (Å²) in [6, 6.07) is 25.5. The third-order valence-corrected chi connectivity index (χ3v) is 6.58. The normalized spacial score (nSPS) is 17.1. The number of aliphatic hydroxyl groups excluding tert-OH is 1. The third-order valence-electron chi connectivity index (χ3n) is 6.58. The molecule has 0 aliphatic carbocycles. The summed E-state index contributed by atoms with van der Waals surface area (Å²) in [6.07, 6.45) is 0. The number of Topliss-reactive ketones (excluding diaryl/α,β-unsaturated/α-hetero) is 1. The number of aliphatic hydroxyl groups is 1. The van der Waals surface area contributed by atoms with Crippen molar-refractivity contribution >= 4 is 17.4 Å². The molecule has 6 heteroatoms. The molecule has 1 fully saturated rings. The monoisotopic (exact) mass is 484 g/mol. The van der Waals surface area contributed by atoms with E-state index in [0.29, 0.717) is 31.0 Å². The van der Waals surface area contributed by atoms with Gasteiger partial charge in [-0.1, -0.05) is 74.5 Å². The van der Waals surface area contributed by atoms with E-state index in [-0.39, 0.29) is 11.3 Å². The molecule has 1 atom stereocenters. The Bertz CT molecular complexity index is 1200. The van der Waals surface area contributed by atoms with Crippen molar-refractivity contribution in [3.05, 3.63) is 107 Å². The lowest BCUT2D eigenvalue weighted by atomic mass is 9.95. The number of nitrogens with zero attached hydrogens (tertiary/aromatic N) is 2. The highest BCUT2D eigenvalue weighted by molar-refractivity contribution is 6.46. The molecule has 36 heavy (non-hydrogen) atoms. The molecule has 6 nitrogen and oxygen atoms in total. The average molecular weight is 485 g/mol.